The van der Waals surface area contributed by atoms with Crippen molar-refractivity contribution in [3.63, 3.8) is 0 Å². The number of aromatic amines is 1. The van der Waals surface area contributed by atoms with Gasteiger partial charge in [-0.25, -0.2) is 4.98 Å². The molecule has 1 fully saturated rings. The minimum atomic E-state index is -0.0537. The van der Waals surface area contributed by atoms with Gasteiger partial charge in [0.05, 0.1) is 5.39 Å². The van der Waals surface area contributed by atoms with Crippen LogP contribution in [-0.2, 0) is 24.1 Å². The topological polar surface area (TPSA) is 69.3 Å². The fraction of sp³-hybridized carbons (Fsp3) is 0.435. The zero-order valence-corrected chi connectivity index (χ0v) is 18.9. The molecular formula is C23H25ClN4O2S. The van der Waals surface area contributed by atoms with Gasteiger partial charge in [-0.15, -0.1) is 11.3 Å². The quantitative estimate of drug-likeness (QED) is 0.648. The van der Waals surface area contributed by atoms with E-state index in [1.807, 2.05) is 29.2 Å². The number of fused-ring (bicyclic) bond motifs is 3. The second kappa shape index (κ2) is 8.63. The summed E-state index contributed by atoms with van der Waals surface area (Å²) in [5.41, 5.74) is 2.23. The van der Waals surface area contributed by atoms with E-state index in [0.717, 1.165) is 53.3 Å². The molecule has 3 aromatic rings. The van der Waals surface area contributed by atoms with Crippen LogP contribution in [0.25, 0.3) is 10.2 Å². The Morgan fingerprint density at radius 2 is 1.97 bits per heavy atom. The molecule has 1 aliphatic heterocycles. The van der Waals surface area contributed by atoms with Crippen LogP contribution >= 0.6 is 22.9 Å². The molecule has 0 bridgehead atoms. The number of aryl methyl sites for hydroxylation is 3. The third-order valence-corrected chi connectivity index (χ3v) is 7.68. The Morgan fingerprint density at radius 1 is 1.16 bits per heavy atom. The van der Waals surface area contributed by atoms with Gasteiger partial charge in [0, 0.05) is 54.6 Å². The third-order valence-electron chi connectivity index (χ3n) is 6.26. The van der Waals surface area contributed by atoms with E-state index in [1.54, 1.807) is 11.3 Å². The minimum absolute atomic E-state index is 0.0537. The van der Waals surface area contributed by atoms with Crippen molar-refractivity contribution in [3.05, 3.63) is 55.9 Å². The number of aromatic nitrogens is 2. The van der Waals surface area contributed by atoms with Crippen LogP contribution < -0.4 is 10.5 Å². The van der Waals surface area contributed by atoms with Crippen LogP contribution in [0.3, 0.4) is 0 Å². The summed E-state index contributed by atoms with van der Waals surface area (Å²) in [5, 5.41) is 1.49. The number of piperazine rings is 1. The van der Waals surface area contributed by atoms with Gasteiger partial charge in [0.2, 0.25) is 5.91 Å². The molecule has 0 saturated carbocycles. The molecular weight excluding hydrogens is 432 g/mol. The minimum Gasteiger partial charge on any atom is -0.368 e. The summed E-state index contributed by atoms with van der Waals surface area (Å²) in [4.78, 5) is 39.3. The number of nitrogens with zero attached hydrogens (tertiary/aromatic N) is 3. The number of hydrogen-bond acceptors (Lipinski definition) is 5. The highest BCUT2D eigenvalue weighted by Crippen LogP contribution is 2.33. The highest BCUT2D eigenvalue weighted by molar-refractivity contribution is 7.18. The molecule has 3 heterocycles. The zero-order chi connectivity index (χ0) is 21.4. The predicted octanol–water partition coefficient (Wildman–Crippen LogP) is 3.80. The van der Waals surface area contributed by atoms with Crippen molar-refractivity contribution in [2.75, 3.05) is 31.1 Å². The summed E-state index contributed by atoms with van der Waals surface area (Å²) in [6.45, 7) is 2.94. The van der Waals surface area contributed by atoms with Gasteiger partial charge in [-0.3, -0.25) is 9.59 Å². The Labute approximate surface area is 189 Å². The van der Waals surface area contributed by atoms with Gasteiger partial charge in [0.25, 0.3) is 5.56 Å². The van der Waals surface area contributed by atoms with E-state index in [1.165, 1.54) is 16.9 Å². The summed E-state index contributed by atoms with van der Waals surface area (Å²) in [6.07, 6.45) is 5.16. The molecule has 5 rings (SSSR count). The average Bonchev–Trinajstić information content (AvgIpc) is 3.16. The molecule has 8 heteroatoms. The van der Waals surface area contributed by atoms with Gasteiger partial charge in [-0.2, -0.15) is 0 Å². The first kappa shape index (κ1) is 20.5. The van der Waals surface area contributed by atoms with Crippen molar-refractivity contribution in [2.45, 2.75) is 38.5 Å². The summed E-state index contributed by atoms with van der Waals surface area (Å²) in [7, 11) is 0. The second-order valence-electron chi connectivity index (χ2n) is 8.25. The van der Waals surface area contributed by atoms with Crippen molar-refractivity contribution in [2.24, 2.45) is 0 Å². The van der Waals surface area contributed by atoms with E-state index in [9.17, 15) is 9.59 Å². The molecule has 1 aliphatic carbocycles. The Hall–Kier alpha value is -2.38. The van der Waals surface area contributed by atoms with Crippen LogP contribution in [-0.4, -0.2) is 47.0 Å². The molecule has 0 spiro atoms. The van der Waals surface area contributed by atoms with Crippen LogP contribution in [0, 0.1) is 0 Å². The number of hydrogen-bond donors (Lipinski definition) is 1. The second-order valence-corrected chi connectivity index (χ2v) is 9.77. The fourth-order valence-electron chi connectivity index (χ4n) is 4.60. The first-order valence-corrected chi connectivity index (χ1v) is 12.1. The highest BCUT2D eigenvalue weighted by atomic mass is 35.5. The third kappa shape index (κ3) is 4.21. The lowest BCUT2D eigenvalue weighted by atomic mass is 9.97. The molecule has 0 unspecified atom stereocenters. The lowest BCUT2D eigenvalue weighted by molar-refractivity contribution is -0.131. The van der Waals surface area contributed by atoms with Gasteiger partial charge in [-0.1, -0.05) is 17.7 Å². The summed E-state index contributed by atoms with van der Waals surface area (Å²) < 4.78 is 0. The van der Waals surface area contributed by atoms with Crippen molar-refractivity contribution in [3.8, 4) is 0 Å². The van der Waals surface area contributed by atoms with Crippen molar-refractivity contribution in [1.82, 2.24) is 14.9 Å². The monoisotopic (exact) mass is 456 g/mol. The average molecular weight is 457 g/mol. The molecule has 6 nitrogen and oxygen atoms in total. The molecule has 2 aliphatic rings. The smallest absolute Gasteiger partial charge is 0.259 e. The van der Waals surface area contributed by atoms with E-state index in [4.69, 9.17) is 11.6 Å². The van der Waals surface area contributed by atoms with E-state index in [-0.39, 0.29) is 11.5 Å². The normalized spacial score (nSPS) is 16.5. The lowest BCUT2D eigenvalue weighted by Gasteiger charge is -2.36. The number of anilines is 1. The molecule has 1 N–H and O–H groups in total. The molecule has 1 saturated heterocycles. The maximum Gasteiger partial charge on any atom is 0.259 e. The molecule has 1 amide bonds. The van der Waals surface area contributed by atoms with E-state index in [2.05, 4.69) is 14.9 Å². The van der Waals surface area contributed by atoms with Gasteiger partial charge in [0.1, 0.15) is 10.7 Å². The van der Waals surface area contributed by atoms with E-state index in [0.29, 0.717) is 31.8 Å². The maximum absolute atomic E-state index is 12.7. The lowest BCUT2D eigenvalue weighted by Crippen LogP contribution is -2.48. The number of rotatable bonds is 4. The molecule has 2 aromatic heterocycles. The number of carbonyl (C=O) groups is 1. The maximum atomic E-state index is 12.7. The van der Waals surface area contributed by atoms with Gasteiger partial charge >= 0.3 is 0 Å². The van der Waals surface area contributed by atoms with Gasteiger partial charge < -0.3 is 14.8 Å². The van der Waals surface area contributed by atoms with Gasteiger partial charge in [-0.05, 0) is 49.4 Å². The van der Waals surface area contributed by atoms with Crippen LogP contribution in [0.15, 0.2) is 29.1 Å². The number of benzene rings is 1. The summed E-state index contributed by atoms with van der Waals surface area (Å²) >= 11 is 7.75. The largest absolute Gasteiger partial charge is 0.368 e. The van der Waals surface area contributed by atoms with Crippen molar-refractivity contribution >= 4 is 44.7 Å². The van der Waals surface area contributed by atoms with Crippen molar-refractivity contribution in [1.29, 1.82) is 0 Å². The molecule has 162 valence electrons. The first-order chi connectivity index (χ1) is 15.1. The standard InChI is InChI=1S/C23H25ClN4O2S/c24-15-4-3-5-16(14-15)27-10-12-28(13-11-27)20(29)9-8-19-25-22(30)21-17-6-1-2-7-18(17)31-23(21)26-19/h3-5,14H,1-2,6-13H2,(H,25,26,30). The van der Waals surface area contributed by atoms with Crippen LogP contribution in [0.1, 0.15) is 35.5 Å². The molecule has 0 radical (unpaired) electrons. The molecule has 31 heavy (non-hydrogen) atoms. The number of carbonyl (C=O) groups excluding carboxylic acids is 1. The zero-order valence-electron chi connectivity index (χ0n) is 17.3. The molecule has 0 atom stereocenters. The Kier molecular flexibility index (Phi) is 5.71. The highest BCUT2D eigenvalue weighted by Gasteiger charge is 2.23. The number of thiophene rings is 1. The van der Waals surface area contributed by atoms with Crippen LogP contribution in [0.4, 0.5) is 5.69 Å². The SMILES string of the molecule is O=C(CCc1nc2sc3c(c2c(=O)[nH]1)CCCC3)N1CCN(c2cccc(Cl)c2)CC1. The van der Waals surface area contributed by atoms with Crippen LogP contribution in [0.2, 0.25) is 5.02 Å². The Morgan fingerprint density at radius 3 is 2.77 bits per heavy atom. The Bertz CT molecular complexity index is 1180. The van der Waals surface area contributed by atoms with Crippen LogP contribution in [0.5, 0.6) is 0 Å². The predicted molar refractivity (Wildman–Crippen MR) is 125 cm³/mol. The Balaban J connectivity index is 1.21. The number of halogens is 1. The number of nitrogens with one attached hydrogen (secondary N) is 1. The first-order valence-electron chi connectivity index (χ1n) is 10.9. The number of H-pyrrole nitrogens is 1. The van der Waals surface area contributed by atoms with Crippen molar-refractivity contribution < 1.29 is 4.79 Å². The molecule has 1 aromatic carbocycles. The summed E-state index contributed by atoms with van der Waals surface area (Å²) in [6, 6.07) is 7.82. The van der Waals surface area contributed by atoms with Gasteiger partial charge in [0.15, 0.2) is 0 Å². The number of amides is 1. The fourth-order valence-corrected chi connectivity index (χ4v) is 6.06. The summed E-state index contributed by atoms with van der Waals surface area (Å²) in [5.74, 6) is 0.723. The van der Waals surface area contributed by atoms with E-state index < -0.39 is 0 Å². The van der Waals surface area contributed by atoms with E-state index >= 15 is 0 Å².